The lowest BCUT2D eigenvalue weighted by Gasteiger charge is -2.24. The largest absolute Gasteiger partial charge is 0.469 e. The zero-order chi connectivity index (χ0) is 16.7. The lowest BCUT2D eigenvalue weighted by molar-refractivity contribution is -0.164. The highest BCUT2D eigenvalue weighted by Gasteiger charge is 2.35. The molecule has 2 atom stereocenters. The van der Waals surface area contributed by atoms with E-state index in [2.05, 4.69) is 4.74 Å². The molecule has 120 valence electrons. The van der Waals surface area contributed by atoms with Gasteiger partial charge in [-0.15, -0.1) is 0 Å². The van der Waals surface area contributed by atoms with Crippen molar-refractivity contribution in [1.82, 2.24) is 0 Å². The van der Waals surface area contributed by atoms with E-state index in [0.29, 0.717) is 5.56 Å². The molecule has 1 rings (SSSR count). The first-order valence-corrected chi connectivity index (χ1v) is 6.77. The fraction of sp³-hybridized carbons (Fsp3) is 0.438. The Kier molecular flexibility index (Phi) is 6.56. The molecule has 6 nitrogen and oxygen atoms in total. The summed E-state index contributed by atoms with van der Waals surface area (Å²) in [6, 6.07) is 7.16. The van der Waals surface area contributed by atoms with E-state index >= 15 is 0 Å². The van der Waals surface area contributed by atoms with E-state index in [0.717, 1.165) is 5.56 Å². The Hall–Kier alpha value is -2.37. The number of carbonyl (C=O) groups is 3. The normalized spacial score (nSPS) is 12.9. The smallest absolute Gasteiger partial charge is 0.313 e. The first-order chi connectivity index (χ1) is 10.4. The third-order valence-electron chi connectivity index (χ3n) is 3.18. The van der Waals surface area contributed by atoms with Crippen LogP contribution in [0.1, 0.15) is 30.6 Å². The lowest BCUT2D eigenvalue weighted by atomic mass is 9.92. The molecule has 0 aliphatic rings. The SMILES string of the molecule is COC(=O)C[C@@H](C(=O)OC)[C@@H](OC(C)=O)c1ccc(C)cc1. The van der Waals surface area contributed by atoms with Crippen molar-refractivity contribution < 1.29 is 28.6 Å². The fourth-order valence-corrected chi connectivity index (χ4v) is 2.05. The maximum absolute atomic E-state index is 12.0. The third kappa shape index (κ3) is 4.87. The number of aryl methyl sites for hydroxylation is 1. The monoisotopic (exact) mass is 308 g/mol. The highest BCUT2D eigenvalue weighted by Crippen LogP contribution is 2.30. The standard InChI is InChI=1S/C16H20O6/c1-10-5-7-12(8-6-10)15(22-11(2)17)13(16(19)21-4)9-14(18)20-3/h5-8,13,15H,9H2,1-4H3/t13-,15+/m1/s1. The molecule has 0 fully saturated rings. The first-order valence-electron chi connectivity index (χ1n) is 6.77. The van der Waals surface area contributed by atoms with Gasteiger partial charge in [-0.25, -0.2) is 0 Å². The molecule has 22 heavy (non-hydrogen) atoms. The molecular weight excluding hydrogens is 288 g/mol. The average Bonchev–Trinajstić information content (AvgIpc) is 2.50. The van der Waals surface area contributed by atoms with Crippen molar-refractivity contribution in [3.05, 3.63) is 35.4 Å². The molecule has 0 N–H and O–H groups in total. The maximum atomic E-state index is 12.0. The predicted octanol–water partition coefficient (Wildman–Crippen LogP) is 1.95. The van der Waals surface area contributed by atoms with Crippen LogP contribution in [-0.4, -0.2) is 32.1 Å². The van der Waals surface area contributed by atoms with Crippen molar-refractivity contribution in [2.45, 2.75) is 26.4 Å². The summed E-state index contributed by atoms with van der Waals surface area (Å²) in [6.07, 6.45) is -1.15. The predicted molar refractivity (Wildman–Crippen MR) is 77.8 cm³/mol. The Morgan fingerprint density at radius 2 is 1.64 bits per heavy atom. The second-order valence-corrected chi connectivity index (χ2v) is 4.85. The van der Waals surface area contributed by atoms with Crippen molar-refractivity contribution in [3.8, 4) is 0 Å². The topological polar surface area (TPSA) is 78.9 Å². The molecule has 0 aromatic heterocycles. The van der Waals surface area contributed by atoms with Gasteiger partial charge < -0.3 is 14.2 Å². The molecule has 0 aliphatic carbocycles. The summed E-state index contributed by atoms with van der Waals surface area (Å²) in [6.45, 7) is 3.16. The molecular formula is C16H20O6. The van der Waals surface area contributed by atoms with E-state index in [1.165, 1.54) is 21.1 Å². The van der Waals surface area contributed by atoms with Gasteiger partial charge in [0.1, 0.15) is 12.0 Å². The second-order valence-electron chi connectivity index (χ2n) is 4.85. The van der Waals surface area contributed by atoms with Gasteiger partial charge in [0, 0.05) is 6.92 Å². The molecule has 0 aliphatic heterocycles. The van der Waals surface area contributed by atoms with Crippen LogP contribution in [0.25, 0.3) is 0 Å². The molecule has 1 aromatic carbocycles. The van der Waals surface area contributed by atoms with Crippen LogP contribution in [-0.2, 0) is 28.6 Å². The molecule has 0 amide bonds. The molecule has 0 saturated carbocycles. The van der Waals surface area contributed by atoms with E-state index in [-0.39, 0.29) is 6.42 Å². The molecule has 6 heteroatoms. The number of esters is 3. The van der Waals surface area contributed by atoms with E-state index in [1.807, 2.05) is 19.1 Å². The molecule has 1 aromatic rings. The van der Waals surface area contributed by atoms with Crippen LogP contribution in [0.2, 0.25) is 0 Å². The van der Waals surface area contributed by atoms with Gasteiger partial charge >= 0.3 is 17.9 Å². The number of methoxy groups -OCH3 is 2. The third-order valence-corrected chi connectivity index (χ3v) is 3.18. The van der Waals surface area contributed by atoms with Crippen LogP contribution in [0, 0.1) is 12.8 Å². The van der Waals surface area contributed by atoms with Crippen molar-refractivity contribution in [3.63, 3.8) is 0 Å². The fourth-order valence-electron chi connectivity index (χ4n) is 2.05. The van der Waals surface area contributed by atoms with Gasteiger partial charge in [-0.2, -0.15) is 0 Å². The van der Waals surface area contributed by atoms with Crippen LogP contribution >= 0.6 is 0 Å². The van der Waals surface area contributed by atoms with Gasteiger partial charge in [0.2, 0.25) is 0 Å². The van der Waals surface area contributed by atoms with Crippen molar-refractivity contribution in [1.29, 1.82) is 0 Å². The molecule has 0 radical (unpaired) electrons. The van der Waals surface area contributed by atoms with Gasteiger partial charge in [-0.1, -0.05) is 29.8 Å². The van der Waals surface area contributed by atoms with E-state index in [9.17, 15) is 14.4 Å². The minimum atomic E-state index is -0.968. The summed E-state index contributed by atoms with van der Waals surface area (Å²) in [5.74, 6) is -2.75. The van der Waals surface area contributed by atoms with Gasteiger partial charge in [0.05, 0.1) is 20.6 Å². The Bertz CT molecular complexity index is 534. The first kappa shape index (κ1) is 17.7. The maximum Gasteiger partial charge on any atom is 0.313 e. The highest BCUT2D eigenvalue weighted by molar-refractivity contribution is 5.81. The summed E-state index contributed by atoms with van der Waals surface area (Å²) in [4.78, 5) is 34.9. The zero-order valence-corrected chi connectivity index (χ0v) is 13.1. The average molecular weight is 308 g/mol. The van der Waals surface area contributed by atoms with Crippen LogP contribution in [0.4, 0.5) is 0 Å². The van der Waals surface area contributed by atoms with Crippen LogP contribution in [0.15, 0.2) is 24.3 Å². The Morgan fingerprint density at radius 3 is 2.09 bits per heavy atom. The van der Waals surface area contributed by atoms with Crippen molar-refractivity contribution >= 4 is 17.9 Å². The van der Waals surface area contributed by atoms with Crippen molar-refractivity contribution in [2.24, 2.45) is 5.92 Å². The van der Waals surface area contributed by atoms with Crippen molar-refractivity contribution in [2.75, 3.05) is 14.2 Å². The van der Waals surface area contributed by atoms with Crippen LogP contribution < -0.4 is 0 Å². The van der Waals surface area contributed by atoms with E-state index in [1.54, 1.807) is 12.1 Å². The minimum Gasteiger partial charge on any atom is -0.469 e. The molecule has 0 saturated heterocycles. The Balaban J connectivity index is 3.18. The van der Waals surface area contributed by atoms with E-state index in [4.69, 9.17) is 9.47 Å². The van der Waals surface area contributed by atoms with Gasteiger partial charge in [0.15, 0.2) is 0 Å². The summed E-state index contributed by atoms with van der Waals surface area (Å²) in [7, 11) is 2.44. The minimum absolute atomic E-state index is 0.241. The molecule has 0 heterocycles. The number of ether oxygens (including phenoxy) is 3. The summed E-state index contributed by atoms with van der Waals surface area (Å²) in [5.41, 5.74) is 1.63. The number of hydrogen-bond acceptors (Lipinski definition) is 6. The zero-order valence-electron chi connectivity index (χ0n) is 13.1. The number of hydrogen-bond donors (Lipinski definition) is 0. The van der Waals surface area contributed by atoms with Gasteiger partial charge in [-0.3, -0.25) is 14.4 Å². The van der Waals surface area contributed by atoms with Crippen LogP contribution in [0.3, 0.4) is 0 Å². The molecule has 0 bridgehead atoms. The molecule has 0 unspecified atom stereocenters. The second kappa shape index (κ2) is 8.17. The van der Waals surface area contributed by atoms with E-state index < -0.39 is 29.9 Å². The number of carbonyl (C=O) groups excluding carboxylic acids is 3. The van der Waals surface area contributed by atoms with Crippen LogP contribution in [0.5, 0.6) is 0 Å². The summed E-state index contributed by atoms with van der Waals surface area (Å²) < 4.78 is 14.6. The summed E-state index contributed by atoms with van der Waals surface area (Å²) in [5, 5.41) is 0. The van der Waals surface area contributed by atoms with Gasteiger partial charge in [-0.05, 0) is 12.5 Å². The molecule has 0 spiro atoms. The Morgan fingerprint density at radius 1 is 1.05 bits per heavy atom. The van der Waals surface area contributed by atoms with Gasteiger partial charge in [0.25, 0.3) is 0 Å². The number of benzene rings is 1. The Labute approximate surface area is 129 Å². The lowest BCUT2D eigenvalue weighted by Crippen LogP contribution is -2.29. The quantitative estimate of drug-likeness (QED) is 0.590. The summed E-state index contributed by atoms with van der Waals surface area (Å²) >= 11 is 0. The number of rotatable bonds is 6. The highest BCUT2D eigenvalue weighted by atomic mass is 16.6.